The first-order chi connectivity index (χ1) is 7.60. The van der Waals surface area contributed by atoms with Gasteiger partial charge in [-0.15, -0.1) is 0 Å². The van der Waals surface area contributed by atoms with Gasteiger partial charge in [0.1, 0.15) is 0 Å². The molecule has 2 unspecified atom stereocenters. The molecule has 0 bridgehead atoms. The van der Waals surface area contributed by atoms with Crippen LogP contribution in [-0.4, -0.2) is 24.7 Å². The minimum Gasteiger partial charge on any atom is -0.387 e. The predicted molar refractivity (Wildman–Crippen MR) is 67.4 cm³/mol. The number of nitrogens with one attached hydrogen (secondary N) is 1. The molecule has 0 amide bonds. The van der Waals surface area contributed by atoms with E-state index in [-0.39, 0.29) is 6.04 Å². The number of rotatable bonds is 5. The van der Waals surface area contributed by atoms with Crippen LogP contribution in [0.25, 0.3) is 0 Å². The second-order valence-corrected chi connectivity index (χ2v) is 4.26. The Labute approximate surface area is 97.7 Å². The van der Waals surface area contributed by atoms with Crippen molar-refractivity contribution in [2.75, 3.05) is 13.6 Å². The average Bonchev–Trinajstić information content (AvgIpc) is 2.28. The van der Waals surface area contributed by atoms with Crippen LogP contribution < -0.4 is 11.1 Å². The van der Waals surface area contributed by atoms with E-state index in [9.17, 15) is 5.11 Å². The lowest BCUT2D eigenvalue weighted by Crippen LogP contribution is -2.34. The largest absolute Gasteiger partial charge is 0.387 e. The van der Waals surface area contributed by atoms with Crippen molar-refractivity contribution in [1.82, 2.24) is 5.32 Å². The molecule has 3 nitrogen and oxygen atoms in total. The van der Waals surface area contributed by atoms with Gasteiger partial charge >= 0.3 is 0 Å². The Hall–Kier alpha value is -0.900. The summed E-state index contributed by atoms with van der Waals surface area (Å²) in [6.45, 7) is 4.71. The fraction of sp³-hybridized carbons (Fsp3) is 0.538. The number of aryl methyl sites for hydroxylation is 2. The van der Waals surface area contributed by atoms with Gasteiger partial charge in [-0.3, -0.25) is 0 Å². The van der Waals surface area contributed by atoms with Crippen molar-refractivity contribution < 1.29 is 5.11 Å². The summed E-state index contributed by atoms with van der Waals surface area (Å²) < 4.78 is 0. The second kappa shape index (κ2) is 5.99. The summed E-state index contributed by atoms with van der Waals surface area (Å²) in [4.78, 5) is 0. The molecule has 4 N–H and O–H groups in total. The lowest BCUT2D eigenvalue weighted by molar-refractivity contribution is 0.129. The summed E-state index contributed by atoms with van der Waals surface area (Å²) in [5.74, 6) is 0. The van der Waals surface area contributed by atoms with Crippen molar-refractivity contribution in [3.63, 3.8) is 0 Å². The Morgan fingerprint density at radius 2 is 2.00 bits per heavy atom. The van der Waals surface area contributed by atoms with Crippen LogP contribution in [0.4, 0.5) is 0 Å². The molecule has 0 fully saturated rings. The van der Waals surface area contributed by atoms with Gasteiger partial charge in [-0.2, -0.15) is 0 Å². The monoisotopic (exact) mass is 222 g/mol. The highest BCUT2D eigenvalue weighted by atomic mass is 16.3. The van der Waals surface area contributed by atoms with Crippen molar-refractivity contribution in [2.45, 2.75) is 32.4 Å². The molecule has 16 heavy (non-hydrogen) atoms. The van der Waals surface area contributed by atoms with Crippen molar-refractivity contribution in [1.29, 1.82) is 0 Å². The SMILES string of the molecule is CNC(CCN)C(O)c1ccc(C)c(C)c1. The highest BCUT2D eigenvalue weighted by Crippen LogP contribution is 2.21. The summed E-state index contributed by atoms with van der Waals surface area (Å²) in [7, 11) is 1.85. The highest BCUT2D eigenvalue weighted by molar-refractivity contribution is 5.31. The normalized spacial score (nSPS) is 14.8. The highest BCUT2D eigenvalue weighted by Gasteiger charge is 2.18. The second-order valence-electron chi connectivity index (χ2n) is 4.26. The lowest BCUT2D eigenvalue weighted by atomic mass is 9.96. The van der Waals surface area contributed by atoms with E-state index in [2.05, 4.69) is 19.2 Å². The van der Waals surface area contributed by atoms with Crippen LogP contribution in [-0.2, 0) is 0 Å². The Kier molecular flexibility index (Phi) is 4.93. The molecule has 0 aromatic heterocycles. The van der Waals surface area contributed by atoms with Crippen LogP contribution in [0.1, 0.15) is 29.2 Å². The molecule has 1 aromatic rings. The number of benzene rings is 1. The molecule has 0 radical (unpaired) electrons. The summed E-state index contributed by atoms with van der Waals surface area (Å²) in [6, 6.07) is 6.09. The van der Waals surface area contributed by atoms with E-state index in [1.807, 2.05) is 25.2 Å². The zero-order valence-corrected chi connectivity index (χ0v) is 10.3. The summed E-state index contributed by atoms with van der Waals surface area (Å²) >= 11 is 0. The molecule has 1 rings (SSSR count). The number of nitrogens with two attached hydrogens (primary N) is 1. The van der Waals surface area contributed by atoms with Crippen LogP contribution in [0.5, 0.6) is 0 Å². The Morgan fingerprint density at radius 3 is 2.50 bits per heavy atom. The first kappa shape index (κ1) is 13.2. The van der Waals surface area contributed by atoms with Crippen LogP contribution in [0, 0.1) is 13.8 Å². The maximum absolute atomic E-state index is 10.2. The van der Waals surface area contributed by atoms with Gasteiger partial charge in [0.2, 0.25) is 0 Å². The molecule has 90 valence electrons. The molecule has 0 aliphatic carbocycles. The van der Waals surface area contributed by atoms with Gasteiger partial charge in [-0.05, 0) is 50.6 Å². The molecule has 2 atom stereocenters. The summed E-state index contributed by atoms with van der Waals surface area (Å²) in [5.41, 5.74) is 8.93. The number of aliphatic hydroxyl groups is 1. The van der Waals surface area contributed by atoms with Crippen molar-refractivity contribution in [2.24, 2.45) is 5.73 Å². The van der Waals surface area contributed by atoms with Gasteiger partial charge in [-0.1, -0.05) is 18.2 Å². The third-order valence-electron chi connectivity index (χ3n) is 3.10. The van der Waals surface area contributed by atoms with Crippen molar-refractivity contribution in [3.8, 4) is 0 Å². The third-order valence-corrected chi connectivity index (χ3v) is 3.10. The van der Waals surface area contributed by atoms with Gasteiger partial charge in [0.15, 0.2) is 0 Å². The summed E-state index contributed by atoms with van der Waals surface area (Å²) in [5, 5.41) is 13.3. The lowest BCUT2D eigenvalue weighted by Gasteiger charge is -2.22. The smallest absolute Gasteiger partial charge is 0.0943 e. The Balaban J connectivity index is 2.85. The molecule has 1 aromatic carbocycles. The van der Waals surface area contributed by atoms with Crippen LogP contribution in [0.2, 0.25) is 0 Å². The molecule has 0 saturated heterocycles. The summed E-state index contributed by atoms with van der Waals surface area (Å²) in [6.07, 6.45) is 0.276. The van der Waals surface area contributed by atoms with Crippen LogP contribution >= 0.6 is 0 Å². The number of hydrogen-bond donors (Lipinski definition) is 3. The Bertz CT molecular complexity index is 339. The fourth-order valence-electron chi connectivity index (χ4n) is 1.82. The first-order valence-electron chi connectivity index (χ1n) is 5.72. The molecular weight excluding hydrogens is 200 g/mol. The third kappa shape index (κ3) is 3.04. The predicted octanol–water partition coefficient (Wildman–Crippen LogP) is 1.27. The van der Waals surface area contributed by atoms with E-state index in [1.54, 1.807) is 0 Å². The van der Waals surface area contributed by atoms with Crippen LogP contribution in [0.15, 0.2) is 18.2 Å². The maximum Gasteiger partial charge on any atom is 0.0943 e. The Morgan fingerprint density at radius 1 is 1.31 bits per heavy atom. The maximum atomic E-state index is 10.2. The van der Waals surface area contributed by atoms with E-state index in [4.69, 9.17) is 5.73 Å². The standard InChI is InChI=1S/C13H22N2O/c1-9-4-5-11(8-10(9)2)13(16)12(15-3)6-7-14/h4-5,8,12-13,15-16H,6-7,14H2,1-3H3. The zero-order chi connectivity index (χ0) is 12.1. The number of hydrogen-bond acceptors (Lipinski definition) is 3. The van der Waals surface area contributed by atoms with Crippen molar-refractivity contribution >= 4 is 0 Å². The fourth-order valence-corrected chi connectivity index (χ4v) is 1.82. The average molecular weight is 222 g/mol. The van der Waals surface area contributed by atoms with Gasteiger partial charge in [-0.25, -0.2) is 0 Å². The first-order valence-corrected chi connectivity index (χ1v) is 5.72. The van der Waals surface area contributed by atoms with E-state index in [0.29, 0.717) is 6.54 Å². The molecule has 0 aliphatic heterocycles. The van der Waals surface area contributed by atoms with Crippen LogP contribution in [0.3, 0.4) is 0 Å². The van der Waals surface area contributed by atoms with Gasteiger partial charge in [0, 0.05) is 6.04 Å². The molecule has 0 saturated carbocycles. The molecule has 3 heteroatoms. The van der Waals surface area contributed by atoms with Gasteiger partial charge in [0.05, 0.1) is 6.10 Å². The molecule has 0 spiro atoms. The molecule has 0 heterocycles. The van der Waals surface area contributed by atoms with E-state index < -0.39 is 6.10 Å². The molecule has 0 aliphatic rings. The van der Waals surface area contributed by atoms with E-state index in [0.717, 1.165) is 12.0 Å². The van der Waals surface area contributed by atoms with Gasteiger partial charge < -0.3 is 16.2 Å². The van der Waals surface area contributed by atoms with E-state index >= 15 is 0 Å². The number of likely N-dealkylation sites (N-methyl/N-ethyl adjacent to an activating group) is 1. The quantitative estimate of drug-likeness (QED) is 0.703. The van der Waals surface area contributed by atoms with Gasteiger partial charge in [0.25, 0.3) is 0 Å². The minimum absolute atomic E-state index is 0.0205. The molecular formula is C13H22N2O. The minimum atomic E-state index is -0.493. The number of aliphatic hydroxyl groups excluding tert-OH is 1. The van der Waals surface area contributed by atoms with Crippen molar-refractivity contribution in [3.05, 3.63) is 34.9 Å². The van der Waals surface area contributed by atoms with E-state index in [1.165, 1.54) is 11.1 Å². The topological polar surface area (TPSA) is 58.3 Å². The zero-order valence-electron chi connectivity index (χ0n) is 10.3.